The van der Waals surface area contributed by atoms with E-state index in [1.54, 1.807) is 0 Å². The van der Waals surface area contributed by atoms with Gasteiger partial charge in [0.2, 0.25) is 0 Å². The van der Waals surface area contributed by atoms with Crippen molar-refractivity contribution in [1.29, 1.82) is 0 Å². The molecule has 2 heteroatoms. The van der Waals surface area contributed by atoms with Crippen molar-refractivity contribution in [1.82, 2.24) is 0 Å². The molecule has 0 aromatic carbocycles. The molecule has 3 atom stereocenters. The average Bonchev–Trinajstić information content (AvgIpc) is 2.58. The quantitative estimate of drug-likeness (QED) is 0.746. The van der Waals surface area contributed by atoms with Gasteiger partial charge in [-0.25, -0.2) is 0 Å². The molecule has 0 aliphatic heterocycles. The van der Waals surface area contributed by atoms with E-state index in [9.17, 15) is 0 Å². The second-order valence-electron chi connectivity index (χ2n) is 3.85. The average molecular weight is 181 g/mol. The van der Waals surface area contributed by atoms with Crippen LogP contribution >= 0.6 is 11.3 Å². The second kappa shape index (κ2) is 2.86. The summed E-state index contributed by atoms with van der Waals surface area (Å²) in [6.45, 7) is 4.42. The SMILES string of the molecule is Cc1ccc(C(N)C2CC2C)s1. The fourth-order valence-electron chi connectivity index (χ4n) is 1.69. The lowest BCUT2D eigenvalue weighted by atomic mass is 10.1. The molecule has 3 unspecified atom stereocenters. The minimum Gasteiger partial charge on any atom is -0.323 e. The van der Waals surface area contributed by atoms with E-state index in [1.807, 2.05) is 11.3 Å². The Kier molecular flexibility index (Phi) is 1.97. The first kappa shape index (κ1) is 8.27. The predicted octanol–water partition coefficient (Wildman–Crippen LogP) is 2.71. The number of rotatable bonds is 2. The van der Waals surface area contributed by atoms with E-state index < -0.39 is 0 Å². The molecule has 2 N–H and O–H groups in total. The zero-order valence-corrected chi connectivity index (χ0v) is 8.40. The lowest BCUT2D eigenvalue weighted by Gasteiger charge is -2.06. The van der Waals surface area contributed by atoms with E-state index in [-0.39, 0.29) is 0 Å². The van der Waals surface area contributed by atoms with Crippen LogP contribution in [0.15, 0.2) is 12.1 Å². The molecule has 1 aromatic heterocycles. The van der Waals surface area contributed by atoms with Gasteiger partial charge in [-0.1, -0.05) is 6.92 Å². The van der Waals surface area contributed by atoms with Crippen LogP contribution in [-0.2, 0) is 0 Å². The maximum atomic E-state index is 6.11. The minimum atomic E-state index is 0.304. The Morgan fingerprint density at radius 3 is 2.67 bits per heavy atom. The molecule has 0 saturated heterocycles. The Hall–Kier alpha value is -0.340. The molecule has 2 rings (SSSR count). The van der Waals surface area contributed by atoms with Crippen molar-refractivity contribution in [2.75, 3.05) is 0 Å². The summed E-state index contributed by atoms with van der Waals surface area (Å²) in [4.78, 5) is 2.73. The molecule has 1 saturated carbocycles. The molecule has 12 heavy (non-hydrogen) atoms. The Labute approximate surface area is 77.6 Å². The van der Waals surface area contributed by atoms with Gasteiger partial charge >= 0.3 is 0 Å². The smallest absolute Gasteiger partial charge is 0.0421 e. The molecule has 1 aliphatic rings. The molecule has 0 spiro atoms. The molecule has 0 bridgehead atoms. The summed E-state index contributed by atoms with van der Waals surface area (Å²) in [5.74, 6) is 1.60. The summed E-state index contributed by atoms with van der Waals surface area (Å²) in [5.41, 5.74) is 6.11. The van der Waals surface area contributed by atoms with Crippen molar-refractivity contribution in [2.45, 2.75) is 26.3 Å². The summed E-state index contributed by atoms with van der Waals surface area (Å²) in [6.07, 6.45) is 1.32. The number of thiophene rings is 1. The first-order valence-electron chi connectivity index (χ1n) is 4.50. The molecule has 0 radical (unpaired) electrons. The zero-order valence-electron chi connectivity index (χ0n) is 7.58. The highest BCUT2D eigenvalue weighted by atomic mass is 32.1. The normalized spacial score (nSPS) is 30.2. The Bertz CT molecular complexity index is 279. The zero-order chi connectivity index (χ0) is 8.72. The maximum absolute atomic E-state index is 6.11. The van der Waals surface area contributed by atoms with E-state index in [4.69, 9.17) is 5.73 Å². The summed E-state index contributed by atoms with van der Waals surface area (Å²) in [6, 6.07) is 4.64. The fourth-order valence-corrected chi connectivity index (χ4v) is 2.65. The van der Waals surface area contributed by atoms with Gasteiger partial charge in [0.05, 0.1) is 0 Å². The first-order chi connectivity index (χ1) is 5.68. The van der Waals surface area contributed by atoms with Crippen molar-refractivity contribution in [3.05, 3.63) is 21.9 Å². The highest BCUT2D eigenvalue weighted by molar-refractivity contribution is 7.12. The Morgan fingerprint density at radius 1 is 1.58 bits per heavy atom. The third kappa shape index (κ3) is 1.41. The molecule has 66 valence electrons. The molecule has 1 aliphatic carbocycles. The minimum absolute atomic E-state index is 0.304. The second-order valence-corrected chi connectivity index (χ2v) is 5.17. The fraction of sp³-hybridized carbons (Fsp3) is 0.600. The number of nitrogens with two attached hydrogens (primary N) is 1. The highest BCUT2D eigenvalue weighted by Crippen LogP contribution is 2.46. The lowest BCUT2D eigenvalue weighted by Crippen LogP contribution is -2.11. The number of aryl methyl sites for hydroxylation is 1. The van der Waals surface area contributed by atoms with E-state index in [0.717, 1.165) is 11.8 Å². The van der Waals surface area contributed by atoms with E-state index in [2.05, 4.69) is 26.0 Å². The van der Waals surface area contributed by atoms with E-state index in [1.165, 1.54) is 16.2 Å². The molecule has 1 nitrogen and oxygen atoms in total. The standard InChI is InChI=1S/C10H15NS/c1-6-5-8(6)10(11)9-4-3-7(2)12-9/h3-4,6,8,10H,5,11H2,1-2H3. The van der Waals surface area contributed by atoms with Crippen LogP contribution in [0.3, 0.4) is 0 Å². The monoisotopic (exact) mass is 181 g/mol. The van der Waals surface area contributed by atoms with Gasteiger partial charge in [-0.2, -0.15) is 0 Å². The topological polar surface area (TPSA) is 26.0 Å². The molecule has 1 heterocycles. The molecular formula is C10H15NS. The van der Waals surface area contributed by atoms with Crippen LogP contribution in [0.25, 0.3) is 0 Å². The molecular weight excluding hydrogens is 166 g/mol. The van der Waals surface area contributed by atoms with Gasteiger partial charge in [-0.15, -0.1) is 11.3 Å². The Morgan fingerprint density at radius 2 is 2.25 bits per heavy atom. The van der Waals surface area contributed by atoms with Crippen LogP contribution in [0.5, 0.6) is 0 Å². The van der Waals surface area contributed by atoms with Gasteiger partial charge in [0, 0.05) is 15.8 Å². The van der Waals surface area contributed by atoms with E-state index >= 15 is 0 Å². The van der Waals surface area contributed by atoms with Gasteiger partial charge < -0.3 is 5.73 Å². The third-order valence-corrected chi connectivity index (χ3v) is 3.82. The predicted molar refractivity (Wildman–Crippen MR) is 53.3 cm³/mol. The van der Waals surface area contributed by atoms with Crippen LogP contribution in [0.4, 0.5) is 0 Å². The molecule has 1 fully saturated rings. The first-order valence-corrected chi connectivity index (χ1v) is 5.32. The summed E-state index contributed by atoms with van der Waals surface area (Å²) < 4.78 is 0. The number of hydrogen-bond acceptors (Lipinski definition) is 2. The largest absolute Gasteiger partial charge is 0.323 e. The molecule has 0 amide bonds. The lowest BCUT2D eigenvalue weighted by molar-refractivity contribution is 0.603. The summed E-state index contributed by atoms with van der Waals surface area (Å²) in [7, 11) is 0. The summed E-state index contributed by atoms with van der Waals surface area (Å²) >= 11 is 1.84. The van der Waals surface area contributed by atoms with Crippen molar-refractivity contribution < 1.29 is 0 Å². The van der Waals surface area contributed by atoms with Gasteiger partial charge in [0.15, 0.2) is 0 Å². The van der Waals surface area contributed by atoms with Crippen molar-refractivity contribution in [3.63, 3.8) is 0 Å². The van der Waals surface area contributed by atoms with Crippen LogP contribution in [-0.4, -0.2) is 0 Å². The van der Waals surface area contributed by atoms with Crippen LogP contribution in [0.2, 0.25) is 0 Å². The van der Waals surface area contributed by atoms with Crippen LogP contribution < -0.4 is 5.73 Å². The van der Waals surface area contributed by atoms with Crippen LogP contribution in [0.1, 0.15) is 29.1 Å². The van der Waals surface area contributed by atoms with Gasteiger partial charge in [0.25, 0.3) is 0 Å². The van der Waals surface area contributed by atoms with Gasteiger partial charge in [0.1, 0.15) is 0 Å². The van der Waals surface area contributed by atoms with Crippen LogP contribution in [0, 0.1) is 18.8 Å². The third-order valence-electron chi connectivity index (χ3n) is 2.72. The number of hydrogen-bond donors (Lipinski definition) is 1. The van der Waals surface area contributed by atoms with E-state index in [0.29, 0.717) is 6.04 Å². The van der Waals surface area contributed by atoms with Crippen molar-refractivity contribution >= 4 is 11.3 Å². The van der Waals surface area contributed by atoms with Crippen molar-refractivity contribution in [3.8, 4) is 0 Å². The maximum Gasteiger partial charge on any atom is 0.0421 e. The van der Waals surface area contributed by atoms with Gasteiger partial charge in [-0.3, -0.25) is 0 Å². The van der Waals surface area contributed by atoms with Gasteiger partial charge in [-0.05, 0) is 37.3 Å². The van der Waals surface area contributed by atoms with Crippen molar-refractivity contribution in [2.24, 2.45) is 17.6 Å². The molecule has 1 aromatic rings. The summed E-state index contributed by atoms with van der Waals surface area (Å²) in [5, 5.41) is 0. The highest BCUT2D eigenvalue weighted by Gasteiger charge is 2.38. The Balaban J connectivity index is 2.09.